The van der Waals surface area contributed by atoms with E-state index >= 15 is 0 Å². The van der Waals surface area contributed by atoms with E-state index < -0.39 is 0 Å². The molecule has 5 heteroatoms. The minimum Gasteiger partial charge on any atom is -0.497 e. The first-order valence-electron chi connectivity index (χ1n) is 7.09. The third-order valence-electron chi connectivity index (χ3n) is 3.71. The molecule has 0 aromatic heterocycles. The zero-order valence-electron chi connectivity index (χ0n) is 12.5. The minimum atomic E-state index is 0. The average Bonchev–Trinajstić information content (AvgIpc) is 2.48. The third-order valence-corrected chi connectivity index (χ3v) is 3.71. The van der Waals surface area contributed by atoms with Crippen molar-refractivity contribution in [3.05, 3.63) is 24.3 Å². The monoisotopic (exact) mass is 299 g/mol. The maximum absolute atomic E-state index is 5.20. The number of hydrogen-bond acceptors (Lipinski definition) is 4. The van der Waals surface area contributed by atoms with Crippen LogP contribution in [0.3, 0.4) is 0 Å². The summed E-state index contributed by atoms with van der Waals surface area (Å²) in [5.41, 5.74) is 1.30. The number of hydrogen-bond donors (Lipinski definition) is 1. The molecule has 114 valence electrons. The molecule has 0 saturated carbocycles. The summed E-state index contributed by atoms with van der Waals surface area (Å²) in [6.07, 6.45) is 1.24. The lowest BCUT2D eigenvalue weighted by Crippen LogP contribution is -2.46. The number of methoxy groups -OCH3 is 1. The van der Waals surface area contributed by atoms with Crippen molar-refractivity contribution in [2.75, 3.05) is 58.3 Å². The predicted molar refractivity (Wildman–Crippen MR) is 87.4 cm³/mol. The molecule has 2 rings (SSSR count). The number of halogens is 1. The van der Waals surface area contributed by atoms with Crippen LogP contribution >= 0.6 is 12.4 Å². The highest BCUT2D eigenvalue weighted by atomic mass is 35.5. The molecule has 1 heterocycles. The lowest BCUT2D eigenvalue weighted by atomic mass is 10.2. The molecule has 1 aliphatic heterocycles. The number of piperazine rings is 1. The first-order valence-corrected chi connectivity index (χ1v) is 7.09. The SMILES string of the molecule is CNCCCN1CCN(c2ccc(OC)cc2)CC1.Cl. The number of rotatable bonds is 6. The second kappa shape index (κ2) is 9.06. The van der Waals surface area contributed by atoms with Crippen molar-refractivity contribution in [2.45, 2.75) is 6.42 Å². The molecule has 0 radical (unpaired) electrons. The van der Waals surface area contributed by atoms with E-state index in [1.165, 1.54) is 18.7 Å². The second-order valence-electron chi connectivity index (χ2n) is 4.98. The van der Waals surface area contributed by atoms with Crippen LogP contribution in [0.5, 0.6) is 5.75 Å². The number of ether oxygens (including phenoxy) is 1. The van der Waals surface area contributed by atoms with Crippen LogP contribution in [-0.2, 0) is 0 Å². The Kier molecular flexibility index (Phi) is 7.73. The smallest absolute Gasteiger partial charge is 0.119 e. The van der Waals surface area contributed by atoms with Crippen molar-refractivity contribution >= 4 is 18.1 Å². The molecule has 0 aliphatic carbocycles. The summed E-state index contributed by atoms with van der Waals surface area (Å²) < 4.78 is 5.20. The van der Waals surface area contributed by atoms with Crippen LogP contribution in [0.4, 0.5) is 5.69 Å². The first-order chi connectivity index (χ1) is 9.33. The van der Waals surface area contributed by atoms with Crippen molar-refractivity contribution in [3.8, 4) is 5.75 Å². The number of nitrogens with zero attached hydrogens (tertiary/aromatic N) is 2. The summed E-state index contributed by atoms with van der Waals surface area (Å²) in [5, 5.41) is 3.20. The fraction of sp³-hybridized carbons (Fsp3) is 0.600. The fourth-order valence-electron chi connectivity index (χ4n) is 2.50. The molecule has 1 aliphatic rings. The molecule has 0 atom stereocenters. The van der Waals surface area contributed by atoms with E-state index in [0.717, 1.165) is 38.5 Å². The molecule has 0 unspecified atom stereocenters. The lowest BCUT2D eigenvalue weighted by Gasteiger charge is -2.36. The van der Waals surface area contributed by atoms with E-state index in [2.05, 4.69) is 27.2 Å². The molecule has 4 nitrogen and oxygen atoms in total. The van der Waals surface area contributed by atoms with Crippen molar-refractivity contribution in [1.82, 2.24) is 10.2 Å². The zero-order valence-corrected chi connectivity index (χ0v) is 13.3. The van der Waals surface area contributed by atoms with Gasteiger partial charge in [-0.15, -0.1) is 12.4 Å². The molecule has 20 heavy (non-hydrogen) atoms. The summed E-state index contributed by atoms with van der Waals surface area (Å²) in [4.78, 5) is 5.01. The second-order valence-corrected chi connectivity index (χ2v) is 4.98. The van der Waals surface area contributed by atoms with Gasteiger partial charge in [0.05, 0.1) is 7.11 Å². The van der Waals surface area contributed by atoms with E-state index in [4.69, 9.17) is 4.74 Å². The summed E-state index contributed by atoms with van der Waals surface area (Å²) in [7, 11) is 3.72. The maximum Gasteiger partial charge on any atom is 0.119 e. The molecule has 1 saturated heterocycles. The minimum absolute atomic E-state index is 0. The van der Waals surface area contributed by atoms with Crippen LogP contribution in [-0.4, -0.2) is 58.3 Å². The van der Waals surface area contributed by atoms with Gasteiger partial charge in [0, 0.05) is 31.9 Å². The lowest BCUT2D eigenvalue weighted by molar-refractivity contribution is 0.254. The standard InChI is InChI=1S/C15H25N3O.ClH/c1-16-8-3-9-17-10-12-18(13-11-17)14-4-6-15(19-2)7-5-14;/h4-7,16H,3,8-13H2,1-2H3;1H. The highest BCUT2D eigenvalue weighted by Crippen LogP contribution is 2.20. The molecular formula is C15H26ClN3O. The van der Waals surface area contributed by atoms with Crippen molar-refractivity contribution in [3.63, 3.8) is 0 Å². The third kappa shape index (κ3) is 4.85. The Morgan fingerprint density at radius 3 is 2.30 bits per heavy atom. The molecule has 1 aromatic rings. The normalized spacial score (nSPS) is 15.8. The van der Waals surface area contributed by atoms with Crippen LogP contribution in [0.1, 0.15) is 6.42 Å². The zero-order chi connectivity index (χ0) is 13.5. The van der Waals surface area contributed by atoms with Gasteiger partial charge in [-0.05, 0) is 50.8 Å². The van der Waals surface area contributed by atoms with E-state index in [1.807, 2.05) is 19.2 Å². The quantitative estimate of drug-likeness (QED) is 0.812. The molecule has 0 bridgehead atoms. The summed E-state index contributed by atoms with van der Waals surface area (Å²) >= 11 is 0. The van der Waals surface area contributed by atoms with Crippen LogP contribution in [0.15, 0.2) is 24.3 Å². The maximum atomic E-state index is 5.20. The van der Waals surface area contributed by atoms with E-state index in [-0.39, 0.29) is 12.4 Å². The van der Waals surface area contributed by atoms with Gasteiger partial charge in [0.1, 0.15) is 5.75 Å². The Morgan fingerprint density at radius 2 is 1.75 bits per heavy atom. The largest absolute Gasteiger partial charge is 0.497 e. The Morgan fingerprint density at radius 1 is 1.10 bits per heavy atom. The van der Waals surface area contributed by atoms with Gasteiger partial charge in [0.2, 0.25) is 0 Å². The van der Waals surface area contributed by atoms with Gasteiger partial charge in [-0.25, -0.2) is 0 Å². The summed E-state index contributed by atoms with van der Waals surface area (Å²) in [6, 6.07) is 8.37. The average molecular weight is 300 g/mol. The van der Waals surface area contributed by atoms with Gasteiger partial charge in [0.25, 0.3) is 0 Å². The van der Waals surface area contributed by atoms with Crippen LogP contribution < -0.4 is 15.0 Å². The molecule has 1 aromatic carbocycles. The Balaban J connectivity index is 0.00000200. The van der Waals surface area contributed by atoms with Crippen molar-refractivity contribution in [2.24, 2.45) is 0 Å². The molecule has 1 fully saturated rings. The van der Waals surface area contributed by atoms with Gasteiger partial charge >= 0.3 is 0 Å². The van der Waals surface area contributed by atoms with Crippen LogP contribution in [0, 0.1) is 0 Å². The van der Waals surface area contributed by atoms with Gasteiger partial charge in [-0.2, -0.15) is 0 Å². The highest BCUT2D eigenvalue weighted by Gasteiger charge is 2.16. The Labute approximate surface area is 128 Å². The van der Waals surface area contributed by atoms with Gasteiger partial charge in [0.15, 0.2) is 0 Å². The van der Waals surface area contributed by atoms with E-state index in [9.17, 15) is 0 Å². The topological polar surface area (TPSA) is 27.7 Å². The Hall–Kier alpha value is -0.970. The highest BCUT2D eigenvalue weighted by molar-refractivity contribution is 5.85. The molecular weight excluding hydrogens is 274 g/mol. The molecule has 1 N–H and O–H groups in total. The molecule has 0 amide bonds. The molecule has 0 spiro atoms. The summed E-state index contributed by atoms with van der Waals surface area (Å²) in [5.74, 6) is 0.925. The van der Waals surface area contributed by atoms with E-state index in [0.29, 0.717) is 0 Å². The van der Waals surface area contributed by atoms with Crippen molar-refractivity contribution < 1.29 is 4.74 Å². The number of benzene rings is 1. The first kappa shape index (κ1) is 17.1. The van der Waals surface area contributed by atoms with Gasteiger partial charge in [-0.1, -0.05) is 0 Å². The van der Waals surface area contributed by atoms with Gasteiger partial charge in [-0.3, -0.25) is 4.90 Å². The van der Waals surface area contributed by atoms with Crippen LogP contribution in [0.2, 0.25) is 0 Å². The van der Waals surface area contributed by atoms with Crippen molar-refractivity contribution in [1.29, 1.82) is 0 Å². The van der Waals surface area contributed by atoms with Crippen LogP contribution in [0.25, 0.3) is 0 Å². The fourth-order valence-corrected chi connectivity index (χ4v) is 2.50. The summed E-state index contributed by atoms with van der Waals surface area (Å²) in [6.45, 7) is 6.87. The Bertz CT molecular complexity index is 364. The number of nitrogens with one attached hydrogen (secondary N) is 1. The predicted octanol–water partition coefficient (Wildman–Crippen LogP) is 1.85. The van der Waals surface area contributed by atoms with Gasteiger partial charge < -0.3 is 15.0 Å². The number of anilines is 1. The van der Waals surface area contributed by atoms with E-state index in [1.54, 1.807) is 7.11 Å².